The number of aromatic amines is 1. The number of Topliss-reactive ketones (excluding diaryl/α,β-unsaturated/α-hetero) is 1. The van der Waals surface area contributed by atoms with Crippen molar-refractivity contribution in [1.82, 2.24) is 9.88 Å². The monoisotopic (exact) mass is 568 g/mol. The number of phenols is 1. The predicted molar refractivity (Wildman–Crippen MR) is 139 cm³/mol. The number of ketones is 1. The molecular weight excluding hydrogens is 545 g/mol. The van der Waals surface area contributed by atoms with Crippen molar-refractivity contribution >= 4 is 46.0 Å². The van der Waals surface area contributed by atoms with Crippen molar-refractivity contribution in [3.05, 3.63) is 57.3 Å². The van der Waals surface area contributed by atoms with Gasteiger partial charge in [0.05, 0.1) is 22.1 Å². The van der Waals surface area contributed by atoms with Crippen LogP contribution in [0.4, 0.5) is 13.2 Å². The number of aromatic hydroxyl groups is 1. The molecule has 0 amide bonds. The number of piperidine rings is 1. The van der Waals surface area contributed by atoms with Crippen molar-refractivity contribution in [1.29, 1.82) is 0 Å². The molecule has 3 aromatic rings. The maximum absolute atomic E-state index is 13.5. The summed E-state index contributed by atoms with van der Waals surface area (Å²) in [5.74, 6) is -1.78. The van der Waals surface area contributed by atoms with E-state index >= 15 is 0 Å². The summed E-state index contributed by atoms with van der Waals surface area (Å²) >= 11 is 6.99. The fourth-order valence-electron chi connectivity index (χ4n) is 4.48. The number of carboxylic acid groups (broad SMARTS) is 1. The van der Waals surface area contributed by atoms with E-state index in [0.717, 1.165) is 30.0 Å². The number of nitrogens with one attached hydrogen (secondary N) is 1. The Hall–Kier alpha value is -3.02. The number of aliphatic carboxylic acids is 1. The molecule has 38 heavy (non-hydrogen) atoms. The van der Waals surface area contributed by atoms with Gasteiger partial charge >= 0.3 is 12.1 Å². The number of thioether (sulfide) groups is 1. The number of hydrogen-bond donors (Lipinski definition) is 3. The third kappa shape index (κ3) is 6.33. The highest BCUT2D eigenvalue weighted by Gasteiger charge is 2.31. The summed E-state index contributed by atoms with van der Waals surface area (Å²) in [5, 5.41) is 19.9. The Morgan fingerprint density at radius 3 is 2.50 bits per heavy atom. The summed E-state index contributed by atoms with van der Waals surface area (Å²) in [6, 6.07) is 6.96. The lowest BCUT2D eigenvalue weighted by molar-refractivity contribution is -0.143. The normalized spacial score (nSPS) is 15.2. The Bertz CT molecular complexity index is 1430. The number of halogens is 4. The molecule has 4 rings (SSSR count). The zero-order chi connectivity index (χ0) is 27.6. The number of carboxylic acids is 1. The summed E-state index contributed by atoms with van der Waals surface area (Å²) in [7, 11) is 0. The lowest BCUT2D eigenvalue weighted by Crippen LogP contribution is -2.37. The summed E-state index contributed by atoms with van der Waals surface area (Å²) in [6.07, 6.45) is -3.44. The first-order chi connectivity index (χ1) is 17.9. The third-order valence-electron chi connectivity index (χ3n) is 6.55. The Kier molecular flexibility index (Phi) is 8.39. The van der Waals surface area contributed by atoms with Crippen LogP contribution in [0.15, 0.2) is 46.1 Å². The van der Waals surface area contributed by atoms with Gasteiger partial charge in [-0.25, -0.2) is 0 Å². The van der Waals surface area contributed by atoms with Gasteiger partial charge in [-0.3, -0.25) is 14.4 Å². The Morgan fingerprint density at radius 1 is 1.13 bits per heavy atom. The van der Waals surface area contributed by atoms with Crippen LogP contribution in [-0.4, -0.2) is 57.2 Å². The molecule has 0 unspecified atom stereocenters. The second kappa shape index (κ2) is 11.4. The first kappa shape index (κ1) is 28.0. The first-order valence-corrected chi connectivity index (χ1v) is 13.2. The average molecular weight is 569 g/mol. The standard InChI is InChI=1S/C26H24ClF3N2O5S/c27-16-2-4-21(34)19(12-16)22-18-11-15(26(28,29)30)1-3-20(18)31-24(35)23(22)38-13-17(33)7-10-32-8-5-14(6-9-32)25(36)37/h1-4,11-12,14,34H,5-10,13H2,(H,31,35)(H,36,37). The topological polar surface area (TPSA) is 111 Å². The largest absolute Gasteiger partial charge is 0.507 e. The lowest BCUT2D eigenvalue weighted by Gasteiger charge is -2.29. The van der Waals surface area contributed by atoms with Gasteiger partial charge in [0.25, 0.3) is 5.56 Å². The molecule has 0 spiro atoms. The van der Waals surface area contributed by atoms with Crippen molar-refractivity contribution in [3.8, 4) is 16.9 Å². The fraction of sp³-hybridized carbons (Fsp3) is 0.346. The summed E-state index contributed by atoms with van der Waals surface area (Å²) in [5.41, 5.74) is -1.27. The van der Waals surface area contributed by atoms with Crippen LogP contribution in [0.1, 0.15) is 24.8 Å². The van der Waals surface area contributed by atoms with Crippen LogP contribution in [0, 0.1) is 5.92 Å². The highest BCUT2D eigenvalue weighted by molar-refractivity contribution is 8.00. The quantitative estimate of drug-likeness (QED) is 0.311. The van der Waals surface area contributed by atoms with Gasteiger partial charge in [0, 0.05) is 40.0 Å². The van der Waals surface area contributed by atoms with Crippen molar-refractivity contribution in [2.24, 2.45) is 5.92 Å². The van der Waals surface area contributed by atoms with E-state index in [0.29, 0.717) is 32.5 Å². The van der Waals surface area contributed by atoms with Gasteiger partial charge in [-0.05, 0) is 62.3 Å². The van der Waals surface area contributed by atoms with Crippen LogP contribution in [0.3, 0.4) is 0 Å². The third-order valence-corrected chi connectivity index (χ3v) is 7.93. The van der Waals surface area contributed by atoms with E-state index in [2.05, 4.69) is 4.98 Å². The number of benzene rings is 2. The predicted octanol–water partition coefficient (Wildman–Crippen LogP) is 5.42. The lowest BCUT2D eigenvalue weighted by atomic mass is 9.97. The molecule has 1 saturated heterocycles. The van der Waals surface area contributed by atoms with Gasteiger partial charge in [-0.2, -0.15) is 13.2 Å². The van der Waals surface area contributed by atoms with E-state index in [4.69, 9.17) is 16.7 Å². The maximum atomic E-state index is 13.5. The Labute approximate surface area is 224 Å². The van der Waals surface area contributed by atoms with Gasteiger partial charge in [0.15, 0.2) is 0 Å². The van der Waals surface area contributed by atoms with E-state index in [9.17, 15) is 32.7 Å². The molecule has 1 aliphatic heterocycles. The van der Waals surface area contributed by atoms with Crippen LogP contribution in [-0.2, 0) is 15.8 Å². The van der Waals surface area contributed by atoms with E-state index in [-0.39, 0.29) is 61.6 Å². The molecule has 2 aromatic carbocycles. The van der Waals surface area contributed by atoms with Crippen LogP contribution in [0.5, 0.6) is 5.75 Å². The van der Waals surface area contributed by atoms with Gasteiger partial charge in [0.1, 0.15) is 11.5 Å². The number of fused-ring (bicyclic) bond motifs is 1. The summed E-state index contributed by atoms with van der Waals surface area (Å²) in [6.45, 7) is 1.58. The number of carbonyl (C=O) groups excluding carboxylic acids is 1. The number of likely N-dealkylation sites (tertiary alicyclic amines) is 1. The molecular formula is C26H24ClF3N2O5S. The van der Waals surface area contributed by atoms with Gasteiger partial charge in [-0.15, -0.1) is 11.8 Å². The van der Waals surface area contributed by atoms with Crippen LogP contribution in [0.2, 0.25) is 5.02 Å². The smallest absolute Gasteiger partial charge is 0.416 e. The van der Waals surface area contributed by atoms with E-state index < -0.39 is 23.3 Å². The minimum absolute atomic E-state index is 0.00925. The number of rotatable bonds is 8. The Balaban J connectivity index is 1.62. The highest BCUT2D eigenvalue weighted by Crippen LogP contribution is 2.42. The number of carbonyl (C=O) groups is 2. The summed E-state index contributed by atoms with van der Waals surface area (Å²) in [4.78, 5) is 41.4. The highest BCUT2D eigenvalue weighted by atomic mass is 35.5. The summed E-state index contributed by atoms with van der Waals surface area (Å²) < 4.78 is 40.5. The zero-order valence-electron chi connectivity index (χ0n) is 20.0. The number of hydrogen-bond acceptors (Lipinski definition) is 6. The number of pyridine rings is 1. The van der Waals surface area contributed by atoms with E-state index in [1.54, 1.807) is 0 Å². The first-order valence-electron chi connectivity index (χ1n) is 11.8. The number of H-pyrrole nitrogens is 1. The molecule has 2 heterocycles. The molecule has 202 valence electrons. The number of nitrogens with zero attached hydrogens (tertiary/aromatic N) is 1. The molecule has 1 aromatic heterocycles. The molecule has 0 saturated carbocycles. The minimum Gasteiger partial charge on any atom is -0.507 e. The van der Waals surface area contributed by atoms with Crippen LogP contribution >= 0.6 is 23.4 Å². The Morgan fingerprint density at radius 2 is 1.84 bits per heavy atom. The fourth-order valence-corrected chi connectivity index (χ4v) is 5.64. The maximum Gasteiger partial charge on any atom is 0.416 e. The van der Waals surface area contributed by atoms with Crippen molar-refractivity contribution < 1.29 is 33.0 Å². The molecule has 0 atom stereocenters. The zero-order valence-corrected chi connectivity index (χ0v) is 21.6. The van der Waals surface area contributed by atoms with Gasteiger partial charge in [-0.1, -0.05) is 11.6 Å². The van der Waals surface area contributed by atoms with Crippen LogP contribution < -0.4 is 5.56 Å². The second-order valence-electron chi connectivity index (χ2n) is 9.11. The van der Waals surface area contributed by atoms with Crippen molar-refractivity contribution in [3.63, 3.8) is 0 Å². The van der Waals surface area contributed by atoms with E-state index in [1.165, 1.54) is 18.2 Å². The molecule has 1 aliphatic rings. The number of alkyl halides is 3. The van der Waals surface area contributed by atoms with Gasteiger partial charge < -0.3 is 20.1 Å². The molecule has 3 N–H and O–H groups in total. The molecule has 0 aliphatic carbocycles. The molecule has 12 heteroatoms. The SMILES string of the molecule is O=C(CCN1CCC(C(=O)O)CC1)CSc1c(-c2cc(Cl)ccc2O)c2cc(C(F)(F)F)ccc2[nH]c1=O. The van der Waals surface area contributed by atoms with Crippen LogP contribution in [0.25, 0.3) is 22.0 Å². The van der Waals surface area contributed by atoms with E-state index in [1.807, 2.05) is 4.90 Å². The number of aromatic nitrogens is 1. The van der Waals surface area contributed by atoms with Crippen molar-refractivity contribution in [2.45, 2.75) is 30.3 Å². The molecule has 0 bridgehead atoms. The number of phenolic OH excluding ortho intramolecular Hbond substituents is 1. The average Bonchev–Trinajstić information content (AvgIpc) is 2.87. The molecule has 7 nitrogen and oxygen atoms in total. The molecule has 1 fully saturated rings. The van der Waals surface area contributed by atoms with Crippen molar-refractivity contribution in [2.75, 3.05) is 25.4 Å². The van der Waals surface area contributed by atoms with Gasteiger partial charge in [0.2, 0.25) is 0 Å². The minimum atomic E-state index is -4.64. The molecule has 0 radical (unpaired) electrons. The second-order valence-corrected chi connectivity index (χ2v) is 10.5.